The Bertz CT molecular complexity index is 958. The van der Waals surface area contributed by atoms with E-state index < -0.39 is 12.1 Å². The van der Waals surface area contributed by atoms with Crippen LogP contribution in [-0.2, 0) is 22.4 Å². The van der Waals surface area contributed by atoms with Gasteiger partial charge in [0.05, 0.1) is 6.42 Å². The first-order valence-electron chi connectivity index (χ1n) is 8.49. The van der Waals surface area contributed by atoms with Crippen molar-refractivity contribution in [2.75, 3.05) is 0 Å². The molecule has 0 aliphatic carbocycles. The lowest BCUT2D eigenvalue weighted by Crippen LogP contribution is -2.35. The number of para-hydroxylation sites is 1. The molecule has 2 N–H and O–H groups in total. The van der Waals surface area contributed by atoms with E-state index in [4.69, 9.17) is 14.4 Å². The number of hydrogen-bond acceptors (Lipinski definition) is 5. The molecule has 0 saturated heterocycles. The third kappa shape index (κ3) is 6.91. The Balaban J connectivity index is 0.000000370. The van der Waals surface area contributed by atoms with Crippen molar-refractivity contribution < 1.29 is 32.4 Å². The number of nitrogens with zero attached hydrogens (tertiary/aromatic N) is 2. The molecule has 2 heterocycles. The highest BCUT2D eigenvalue weighted by Gasteiger charge is 2.38. The minimum Gasteiger partial charge on any atom is -0.475 e. The standard InChI is InChI=1S/C17H17N3O2.C2HF3O2/c1-12(10-13-6-4-5-9-18-13)19-17(21)11-15-14-7-2-3-8-16(14)22-20-15;3-2(4,5)1(6)7/h2-9,12H,10-11H2,1H3,(H,19,21);(H,6,7). The molecule has 3 rings (SSSR count). The van der Waals surface area contributed by atoms with Gasteiger partial charge in [0.25, 0.3) is 0 Å². The average molecular weight is 409 g/mol. The van der Waals surface area contributed by atoms with Gasteiger partial charge < -0.3 is 14.9 Å². The number of amides is 1. The van der Waals surface area contributed by atoms with Gasteiger partial charge in [-0.25, -0.2) is 4.79 Å². The quantitative estimate of drug-likeness (QED) is 0.671. The van der Waals surface area contributed by atoms with Gasteiger partial charge in [0.15, 0.2) is 5.58 Å². The van der Waals surface area contributed by atoms with Crippen molar-refractivity contribution in [2.24, 2.45) is 0 Å². The van der Waals surface area contributed by atoms with Crippen molar-refractivity contribution in [1.29, 1.82) is 0 Å². The second-order valence-electron chi connectivity index (χ2n) is 6.10. The number of hydrogen-bond donors (Lipinski definition) is 2. The zero-order chi connectivity index (χ0) is 21.4. The molecule has 0 radical (unpaired) electrons. The maximum Gasteiger partial charge on any atom is 0.490 e. The van der Waals surface area contributed by atoms with Crippen LogP contribution < -0.4 is 5.32 Å². The van der Waals surface area contributed by atoms with Crippen molar-refractivity contribution in [3.8, 4) is 0 Å². The van der Waals surface area contributed by atoms with E-state index in [1.807, 2.05) is 49.4 Å². The molecule has 1 amide bonds. The fourth-order valence-corrected chi connectivity index (χ4v) is 2.43. The number of rotatable bonds is 5. The van der Waals surface area contributed by atoms with Gasteiger partial charge >= 0.3 is 12.1 Å². The zero-order valence-electron chi connectivity index (χ0n) is 15.3. The molecule has 1 atom stereocenters. The number of pyridine rings is 1. The zero-order valence-corrected chi connectivity index (χ0v) is 15.3. The number of carboxylic acid groups (broad SMARTS) is 1. The number of alkyl halides is 3. The lowest BCUT2D eigenvalue weighted by molar-refractivity contribution is -0.192. The molecule has 2 aromatic heterocycles. The van der Waals surface area contributed by atoms with Gasteiger partial charge in [-0.3, -0.25) is 9.78 Å². The average Bonchev–Trinajstić information content (AvgIpc) is 3.05. The Kier molecular flexibility index (Phi) is 7.29. The highest BCUT2D eigenvalue weighted by atomic mass is 19.4. The maximum atomic E-state index is 12.1. The molecule has 1 unspecified atom stereocenters. The summed E-state index contributed by atoms with van der Waals surface area (Å²) in [6.45, 7) is 1.97. The number of carboxylic acids is 1. The molecule has 29 heavy (non-hydrogen) atoms. The van der Waals surface area contributed by atoms with Gasteiger partial charge in [0.2, 0.25) is 5.91 Å². The summed E-state index contributed by atoms with van der Waals surface area (Å²) >= 11 is 0. The minimum atomic E-state index is -5.08. The van der Waals surface area contributed by atoms with Crippen LogP contribution in [0.1, 0.15) is 18.3 Å². The number of fused-ring (bicyclic) bond motifs is 1. The summed E-state index contributed by atoms with van der Waals surface area (Å²) in [5.41, 5.74) is 2.33. The fourth-order valence-electron chi connectivity index (χ4n) is 2.43. The maximum absolute atomic E-state index is 12.1. The van der Waals surface area contributed by atoms with Crippen LogP contribution >= 0.6 is 0 Å². The molecule has 0 aliphatic heterocycles. The summed E-state index contributed by atoms with van der Waals surface area (Å²) in [6.07, 6.45) is -2.42. The third-order valence-corrected chi connectivity index (χ3v) is 3.67. The molecule has 154 valence electrons. The Morgan fingerprint density at radius 1 is 1.17 bits per heavy atom. The molecule has 0 saturated carbocycles. The van der Waals surface area contributed by atoms with Crippen LogP contribution in [0.5, 0.6) is 0 Å². The number of aliphatic carboxylic acids is 1. The van der Waals surface area contributed by atoms with Crippen LogP contribution in [0.25, 0.3) is 11.0 Å². The molecule has 0 aliphatic rings. The predicted molar refractivity (Wildman–Crippen MR) is 96.9 cm³/mol. The van der Waals surface area contributed by atoms with Gasteiger partial charge in [-0.05, 0) is 31.2 Å². The lowest BCUT2D eigenvalue weighted by atomic mass is 10.1. The number of halogens is 3. The van der Waals surface area contributed by atoms with Gasteiger partial charge in [-0.15, -0.1) is 0 Å². The molecule has 10 heteroatoms. The Morgan fingerprint density at radius 2 is 1.83 bits per heavy atom. The summed E-state index contributed by atoms with van der Waals surface area (Å²) in [4.78, 5) is 25.3. The number of benzene rings is 1. The number of carbonyl (C=O) groups excluding carboxylic acids is 1. The third-order valence-electron chi connectivity index (χ3n) is 3.67. The molecule has 0 spiro atoms. The first-order valence-corrected chi connectivity index (χ1v) is 8.49. The SMILES string of the molecule is CC(Cc1ccccn1)NC(=O)Cc1noc2ccccc12.O=C(O)C(F)(F)F. The van der Waals surface area contributed by atoms with Crippen LogP contribution in [0.15, 0.2) is 53.2 Å². The minimum absolute atomic E-state index is 0.0144. The molecular formula is C19H18F3N3O4. The summed E-state index contributed by atoms with van der Waals surface area (Å²) in [7, 11) is 0. The predicted octanol–water partition coefficient (Wildman–Crippen LogP) is 3.15. The Labute approximate surface area is 163 Å². The lowest BCUT2D eigenvalue weighted by Gasteiger charge is -2.12. The Morgan fingerprint density at radius 3 is 2.45 bits per heavy atom. The highest BCUT2D eigenvalue weighted by molar-refractivity contribution is 5.86. The van der Waals surface area contributed by atoms with Crippen LogP contribution in [0.3, 0.4) is 0 Å². The second kappa shape index (κ2) is 9.67. The van der Waals surface area contributed by atoms with Gasteiger partial charge in [0, 0.05) is 29.7 Å². The van der Waals surface area contributed by atoms with Crippen molar-refractivity contribution in [1.82, 2.24) is 15.5 Å². The fraction of sp³-hybridized carbons (Fsp3) is 0.263. The van der Waals surface area contributed by atoms with Crippen LogP contribution in [0, 0.1) is 0 Å². The number of carbonyl (C=O) groups is 2. The van der Waals surface area contributed by atoms with Crippen molar-refractivity contribution >= 4 is 22.8 Å². The summed E-state index contributed by atoms with van der Waals surface area (Å²) in [5.74, 6) is -2.82. The van der Waals surface area contributed by atoms with E-state index in [0.717, 1.165) is 11.1 Å². The van der Waals surface area contributed by atoms with Crippen LogP contribution in [0.2, 0.25) is 0 Å². The van der Waals surface area contributed by atoms with Gasteiger partial charge in [-0.1, -0.05) is 23.4 Å². The molecule has 7 nitrogen and oxygen atoms in total. The van der Waals surface area contributed by atoms with Crippen LogP contribution in [-0.4, -0.2) is 39.3 Å². The molecular weight excluding hydrogens is 391 g/mol. The van der Waals surface area contributed by atoms with Gasteiger partial charge in [0.1, 0.15) is 5.69 Å². The van der Waals surface area contributed by atoms with Crippen LogP contribution in [0.4, 0.5) is 13.2 Å². The van der Waals surface area contributed by atoms with E-state index in [0.29, 0.717) is 17.7 Å². The smallest absolute Gasteiger partial charge is 0.475 e. The number of nitrogens with one attached hydrogen (secondary N) is 1. The second-order valence-corrected chi connectivity index (χ2v) is 6.10. The first kappa shape index (κ1) is 21.9. The molecule has 0 bridgehead atoms. The highest BCUT2D eigenvalue weighted by Crippen LogP contribution is 2.18. The monoisotopic (exact) mass is 409 g/mol. The Hall–Kier alpha value is -3.43. The van der Waals surface area contributed by atoms with Gasteiger partial charge in [-0.2, -0.15) is 13.2 Å². The van der Waals surface area contributed by atoms with E-state index in [1.165, 1.54) is 0 Å². The van der Waals surface area contributed by atoms with E-state index >= 15 is 0 Å². The summed E-state index contributed by atoms with van der Waals surface area (Å²) in [5, 5.41) is 15.0. The van der Waals surface area contributed by atoms with E-state index in [-0.39, 0.29) is 18.4 Å². The largest absolute Gasteiger partial charge is 0.490 e. The van der Waals surface area contributed by atoms with Crippen molar-refractivity contribution in [3.05, 3.63) is 60.0 Å². The molecule has 3 aromatic rings. The van der Waals surface area contributed by atoms with Crippen molar-refractivity contribution in [3.63, 3.8) is 0 Å². The van der Waals surface area contributed by atoms with E-state index in [2.05, 4.69) is 15.5 Å². The topological polar surface area (TPSA) is 105 Å². The first-order chi connectivity index (χ1) is 13.7. The molecule has 1 aromatic carbocycles. The van der Waals surface area contributed by atoms with E-state index in [1.54, 1.807) is 6.20 Å². The molecule has 0 fully saturated rings. The van der Waals surface area contributed by atoms with Crippen molar-refractivity contribution in [2.45, 2.75) is 32.0 Å². The number of aromatic nitrogens is 2. The normalized spacial score (nSPS) is 12.0. The summed E-state index contributed by atoms with van der Waals surface area (Å²) < 4.78 is 36.9. The summed E-state index contributed by atoms with van der Waals surface area (Å²) in [6, 6.07) is 13.3. The van der Waals surface area contributed by atoms with E-state index in [9.17, 15) is 18.0 Å².